The van der Waals surface area contributed by atoms with Gasteiger partial charge in [0, 0.05) is 28.7 Å². The predicted octanol–water partition coefficient (Wildman–Crippen LogP) is 6.27. The van der Waals surface area contributed by atoms with E-state index in [-0.39, 0.29) is 21.8 Å². The maximum atomic E-state index is 10.7. The van der Waals surface area contributed by atoms with Crippen molar-refractivity contribution in [2.45, 2.75) is 0 Å². The molecule has 0 spiro atoms. The number of nitro groups is 2. The minimum atomic E-state index is -1.66. The SMILES string of the molecule is C=Cc1cccc(-c2cccc([N+](=O)[O-])c2)c1.C=Cc1cccc(Br)c1.O=[N+]([O-])c1cccc(B(O)O)c1. The smallest absolute Gasteiger partial charge is 0.423 e. The van der Waals surface area contributed by atoms with Crippen molar-refractivity contribution in [1.29, 1.82) is 0 Å². The van der Waals surface area contributed by atoms with Crippen molar-refractivity contribution in [3.05, 3.63) is 146 Å². The van der Waals surface area contributed by atoms with Crippen LogP contribution in [0.2, 0.25) is 0 Å². The Balaban J connectivity index is 0.000000212. The van der Waals surface area contributed by atoms with E-state index in [9.17, 15) is 20.2 Å². The Hall–Kier alpha value is -4.38. The first-order chi connectivity index (χ1) is 18.1. The molecule has 0 amide bonds. The number of nitro benzene ring substituents is 2. The normalized spacial score (nSPS) is 9.55. The van der Waals surface area contributed by atoms with Gasteiger partial charge in [-0.05, 0) is 45.9 Å². The van der Waals surface area contributed by atoms with Crippen LogP contribution in [0.5, 0.6) is 0 Å². The van der Waals surface area contributed by atoms with Gasteiger partial charge in [-0.2, -0.15) is 0 Å². The zero-order valence-corrected chi connectivity index (χ0v) is 21.8. The Morgan fingerprint density at radius 2 is 1.16 bits per heavy atom. The lowest BCUT2D eigenvalue weighted by Gasteiger charge is -2.02. The molecular weight excluding hydrogens is 551 g/mol. The van der Waals surface area contributed by atoms with Crippen LogP contribution in [0.15, 0.2) is 115 Å². The molecule has 10 heteroatoms. The second kappa shape index (κ2) is 15.0. The van der Waals surface area contributed by atoms with Crippen molar-refractivity contribution >= 4 is 52.0 Å². The summed E-state index contributed by atoms with van der Waals surface area (Å²) in [5, 5.41) is 38.2. The lowest BCUT2D eigenvalue weighted by molar-refractivity contribution is -0.385. The monoisotopic (exact) mass is 574 g/mol. The van der Waals surface area contributed by atoms with Crippen molar-refractivity contribution in [1.82, 2.24) is 0 Å². The van der Waals surface area contributed by atoms with Crippen molar-refractivity contribution in [3.8, 4) is 11.1 Å². The summed E-state index contributed by atoms with van der Waals surface area (Å²) in [6, 6.07) is 27.5. The highest BCUT2D eigenvalue weighted by molar-refractivity contribution is 9.10. The van der Waals surface area contributed by atoms with Gasteiger partial charge in [0.05, 0.1) is 9.85 Å². The minimum Gasteiger partial charge on any atom is -0.423 e. The average Bonchev–Trinajstić information content (AvgIpc) is 2.94. The zero-order valence-electron chi connectivity index (χ0n) is 20.2. The van der Waals surface area contributed by atoms with Gasteiger partial charge in [0.1, 0.15) is 0 Å². The third-order valence-electron chi connectivity index (χ3n) is 4.98. The fourth-order valence-corrected chi connectivity index (χ4v) is 3.49. The molecule has 4 aromatic rings. The van der Waals surface area contributed by atoms with Crippen molar-refractivity contribution < 1.29 is 19.9 Å². The number of benzene rings is 4. The molecular formula is C28H24BBrN2O6. The second-order valence-corrected chi connectivity index (χ2v) is 8.54. The van der Waals surface area contributed by atoms with E-state index in [1.807, 2.05) is 60.7 Å². The third-order valence-corrected chi connectivity index (χ3v) is 5.47. The molecule has 192 valence electrons. The van der Waals surface area contributed by atoms with Crippen LogP contribution in [-0.4, -0.2) is 27.0 Å². The van der Waals surface area contributed by atoms with Gasteiger partial charge >= 0.3 is 7.12 Å². The van der Waals surface area contributed by atoms with E-state index in [2.05, 4.69) is 29.1 Å². The molecule has 0 atom stereocenters. The van der Waals surface area contributed by atoms with Crippen LogP contribution >= 0.6 is 15.9 Å². The molecule has 4 aromatic carbocycles. The Labute approximate surface area is 228 Å². The summed E-state index contributed by atoms with van der Waals surface area (Å²) in [5.74, 6) is 0. The number of nitrogens with zero attached hydrogens (tertiary/aromatic N) is 2. The molecule has 0 aromatic heterocycles. The molecule has 0 heterocycles. The first-order valence-electron chi connectivity index (χ1n) is 11.1. The van der Waals surface area contributed by atoms with Crippen molar-refractivity contribution in [3.63, 3.8) is 0 Å². The van der Waals surface area contributed by atoms with Crippen LogP contribution in [0.4, 0.5) is 11.4 Å². The van der Waals surface area contributed by atoms with E-state index < -0.39 is 12.0 Å². The van der Waals surface area contributed by atoms with E-state index in [1.165, 1.54) is 24.3 Å². The predicted molar refractivity (Wildman–Crippen MR) is 156 cm³/mol. The van der Waals surface area contributed by atoms with E-state index in [0.29, 0.717) is 0 Å². The first kappa shape index (κ1) is 29.9. The van der Waals surface area contributed by atoms with E-state index in [1.54, 1.807) is 18.2 Å². The fourth-order valence-electron chi connectivity index (χ4n) is 3.08. The highest BCUT2D eigenvalue weighted by atomic mass is 79.9. The van der Waals surface area contributed by atoms with Gasteiger partial charge in [0.15, 0.2) is 0 Å². The Morgan fingerprint density at radius 3 is 1.66 bits per heavy atom. The lowest BCUT2D eigenvalue weighted by Crippen LogP contribution is -2.29. The Morgan fingerprint density at radius 1 is 0.684 bits per heavy atom. The maximum absolute atomic E-state index is 10.7. The molecule has 0 aliphatic heterocycles. The summed E-state index contributed by atoms with van der Waals surface area (Å²) in [6.45, 7) is 7.35. The Kier molecular flexibility index (Phi) is 11.8. The number of non-ortho nitro benzene ring substituents is 2. The second-order valence-electron chi connectivity index (χ2n) is 7.62. The summed E-state index contributed by atoms with van der Waals surface area (Å²) in [5.41, 5.74) is 3.99. The minimum absolute atomic E-state index is 0.103. The van der Waals surface area contributed by atoms with Crippen LogP contribution in [0.25, 0.3) is 23.3 Å². The summed E-state index contributed by atoms with van der Waals surface area (Å²) in [4.78, 5) is 19.9. The highest BCUT2D eigenvalue weighted by Gasteiger charge is 2.14. The molecule has 0 bridgehead atoms. The van der Waals surface area contributed by atoms with E-state index >= 15 is 0 Å². The molecule has 0 radical (unpaired) electrons. The van der Waals surface area contributed by atoms with Gasteiger partial charge in [-0.1, -0.05) is 95.8 Å². The first-order valence-corrected chi connectivity index (χ1v) is 11.9. The fraction of sp³-hybridized carbons (Fsp3) is 0. The maximum Gasteiger partial charge on any atom is 0.488 e. The van der Waals surface area contributed by atoms with Gasteiger partial charge in [-0.15, -0.1) is 0 Å². The summed E-state index contributed by atoms with van der Waals surface area (Å²) in [7, 11) is -1.66. The number of halogens is 1. The number of hydrogen-bond acceptors (Lipinski definition) is 6. The van der Waals surface area contributed by atoms with Crippen LogP contribution in [-0.2, 0) is 0 Å². The van der Waals surface area contributed by atoms with Gasteiger partial charge in [-0.25, -0.2) is 0 Å². The summed E-state index contributed by atoms with van der Waals surface area (Å²) in [6.07, 6.45) is 3.58. The third kappa shape index (κ3) is 9.59. The van der Waals surface area contributed by atoms with Crippen LogP contribution in [0.1, 0.15) is 11.1 Å². The molecule has 0 unspecified atom stereocenters. The van der Waals surface area contributed by atoms with Gasteiger partial charge in [-0.3, -0.25) is 20.2 Å². The van der Waals surface area contributed by atoms with E-state index in [0.717, 1.165) is 32.8 Å². The number of rotatable bonds is 6. The molecule has 38 heavy (non-hydrogen) atoms. The summed E-state index contributed by atoms with van der Waals surface area (Å²) >= 11 is 3.36. The van der Waals surface area contributed by atoms with Crippen LogP contribution < -0.4 is 5.46 Å². The van der Waals surface area contributed by atoms with Crippen molar-refractivity contribution in [2.75, 3.05) is 0 Å². The van der Waals surface area contributed by atoms with Gasteiger partial charge < -0.3 is 10.0 Å². The molecule has 8 nitrogen and oxygen atoms in total. The lowest BCUT2D eigenvalue weighted by atomic mass is 9.80. The van der Waals surface area contributed by atoms with Crippen LogP contribution in [0, 0.1) is 20.2 Å². The molecule has 0 aliphatic carbocycles. The molecule has 4 rings (SSSR count). The van der Waals surface area contributed by atoms with Crippen LogP contribution in [0.3, 0.4) is 0 Å². The largest absolute Gasteiger partial charge is 0.488 e. The van der Waals surface area contributed by atoms with Gasteiger partial charge in [0.25, 0.3) is 11.4 Å². The molecule has 0 saturated carbocycles. The van der Waals surface area contributed by atoms with Gasteiger partial charge in [0.2, 0.25) is 0 Å². The zero-order chi connectivity index (χ0) is 28.1. The van der Waals surface area contributed by atoms with E-state index in [4.69, 9.17) is 10.0 Å². The number of hydrogen-bond donors (Lipinski definition) is 2. The van der Waals surface area contributed by atoms with Crippen molar-refractivity contribution in [2.24, 2.45) is 0 Å². The molecule has 0 fully saturated rings. The summed E-state index contributed by atoms with van der Waals surface area (Å²) < 4.78 is 1.10. The standard InChI is InChI=1S/C14H11NO2.C8H7Br.C6H6BNO4/c1-2-11-5-3-6-12(9-11)13-7-4-8-14(10-13)15(16)17;1-2-7-4-3-5-8(9)6-7;9-7(10)5-2-1-3-6(4-5)8(11)12/h2-10H,1H2;2-6H,1H2;1-4,9-10H. The quantitative estimate of drug-likeness (QED) is 0.159. The topological polar surface area (TPSA) is 127 Å². The Bertz CT molecular complexity index is 1430. The average molecular weight is 575 g/mol. The molecule has 0 saturated heterocycles. The molecule has 0 aliphatic rings. The molecule has 2 N–H and O–H groups in total. The highest BCUT2D eigenvalue weighted by Crippen LogP contribution is 2.24.